The van der Waals surface area contributed by atoms with Crippen molar-refractivity contribution >= 4 is 29.6 Å². The fourth-order valence-corrected chi connectivity index (χ4v) is 3.17. The Morgan fingerprint density at radius 3 is 2.24 bits per heavy atom. The molecular formula is C19H31N4O11-. The Kier molecular flexibility index (Phi) is 11.3. The van der Waals surface area contributed by atoms with Crippen LogP contribution in [0.5, 0.6) is 0 Å². The van der Waals surface area contributed by atoms with Crippen molar-refractivity contribution in [2.75, 3.05) is 6.61 Å². The molecule has 0 spiro atoms. The van der Waals surface area contributed by atoms with Gasteiger partial charge in [-0.25, -0.2) is 0 Å². The molecular weight excluding hydrogens is 460 g/mol. The molecule has 8 N–H and O–H groups in total. The summed E-state index contributed by atoms with van der Waals surface area (Å²) in [7, 11) is 0. The van der Waals surface area contributed by atoms with E-state index in [-0.39, 0.29) is 6.42 Å². The summed E-state index contributed by atoms with van der Waals surface area (Å²) >= 11 is 0. The molecule has 0 saturated carbocycles. The minimum atomic E-state index is -1.65. The lowest BCUT2D eigenvalue weighted by Gasteiger charge is -2.43. The number of aliphatic hydroxyl groups is 3. The summed E-state index contributed by atoms with van der Waals surface area (Å²) in [6, 6.07) is -3.78. The summed E-state index contributed by atoms with van der Waals surface area (Å²) in [5, 5.41) is 47.3. The molecule has 1 aliphatic heterocycles. The van der Waals surface area contributed by atoms with Gasteiger partial charge in [0.15, 0.2) is 6.29 Å². The largest absolute Gasteiger partial charge is 0.550 e. The lowest BCUT2D eigenvalue weighted by atomic mass is 9.96. The van der Waals surface area contributed by atoms with Crippen molar-refractivity contribution in [3.63, 3.8) is 0 Å². The zero-order valence-electron chi connectivity index (χ0n) is 18.9. The second-order valence-electron chi connectivity index (χ2n) is 7.81. The Hall–Kier alpha value is -2.85. The third-order valence-corrected chi connectivity index (χ3v) is 5.02. The Labute approximate surface area is 195 Å². The van der Waals surface area contributed by atoms with Gasteiger partial charge in [0.2, 0.25) is 23.6 Å². The second kappa shape index (κ2) is 13.1. The zero-order chi connectivity index (χ0) is 26.2. The minimum absolute atomic E-state index is 0.301. The van der Waals surface area contributed by atoms with E-state index in [1.165, 1.54) is 13.8 Å². The predicted molar refractivity (Wildman–Crippen MR) is 109 cm³/mol. The van der Waals surface area contributed by atoms with Crippen molar-refractivity contribution in [3.05, 3.63) is 0 Å². The van der Waals surface area contributed by atoms with Gasteiger partial charge < -0.3 is 56.4 Å². The fourth-order valence-electron chi connectivity index (χ4n) is 3.17. The monoisotopic (exact) mass is 491 g/mol. The standard InChI is InChI=1S/C19H32N4O11/c1-7(17(30)23-10(16(20)29)4-5-12(26)27)21-18(31)8(2)33-15-13(22-9(3)25)19(32)34-11(6-24)14(15)28/h7-8,10-11,13-15,19,24,28,32H,4-6H2,1-3H3,(H2,20,29)(H,21,31)(H,22,25)(H,23,30)(H,26,27)/p-1/t7-,8+,10+,11+,13+,14+,15+,19+/m0/s1. The number of primary amides is 1. The van der Waals surface area contributed by atoms with Gasteiger partial charge in [0.25, 0.3) is 0 Å². The number of aliphatic carboxylic acids is 1. The molecule has 0 bridgehead atoms. The highest BCUT2D eigenvalue weighted by atomic mass is 16.6. The SMILES string of the molecule is CC(=O)N[C@@H]1[C@@H](O[C@H](C)C(=O)N[C@@H](C)C(=O)N[C@H](CCC(=O)[O-])C(N)=O)[C@H](O)[C@@H](CO)O[C@H]1O. The average molecular weight is 491 g/mol. The third-order valence-electron chi connectivity index (χ3n) is 5.02. The quantitative estimate of drug-likeness (QED) is 0.135. The molecule has 0 aromatic rings. The smallest absolute Gasteiger partial charge is 0.249 e. The van der Waals surface area contributed by atoms with Crippen LogP contribution in [0.3, 0.4) is 0 Å². The first kappa shape index (κ1) is 29.2. The molecule has 15 nitrogen and oxygen atoms in total. The Morgan fingerprint density at radius 1 is 1.12 bits per heavy atom. The summed E-state index contributed by atoms with van der Waals surface area (Å²) < 4.78 is 10.6. The number of nitrogens with two attached hydrogens (primary N) is 1. The highest BCUT2D eigenvalue weighted by Crippen LogP contribution is 2.23. The van der Waals surface area contributed by atoms with Crippen molar-refractivity contribution in [3.8, 4) is 0 Å². The molecule has 0 aliphatic carbocycles. The lowest BCUT2D eigenvalue weighted by molar-refractivity contribution is -0.305. The van der Waals surface area contributed by atoms with Crippen LogP contribution in [0.15, 0.2) is 0 Å². The topological polar surface area (TPSA) is 250 Å². The maximum atomic E-state index is 12.5. The van der Waals surface area contributed by atoms with Gasteiger partial charge in [-0.1, -0.05) is 0 Å². The number of carbonyl (C=O) groups is 5. The molecule has 4 amide bonds. The van der Waals surface area contributed by atoms with Crippen LogP contribution in [0.1, 0.15) is 33.6 Å². The number of hydrogen-bond acceptors (Lipinski definition) is 11. The van der Waals surface area contributed by atoms with Crippen molar-refractivity contribution in [2.45, 2.75) is 82.4 Å². The van der Waals surface area contributed by atoms with Crippen LogP contribution in [0.2, 0.25) is 0 Å². The highest BCUT2D eigenvalue weighted by Gasteiger charge is 2.47. The van der Waals surface area contributed by atoms with Crippen molar-refractivity contribution in [1.82, 2.24) is 16.0 Å². The summed E-state index contributed by atoms with van der Waals surface area (Å²) in [5.41, 5.74) is 5.14. The van der Waals surface area contributed by atoms with E-state index in [9.17, 15) is 44.4 Å². The van der Waals surface area contributed by atoms with Crippen LogP contribution in [0, 0.1) is 0 Å². The summed E-state index contributed by atoms with van der Waals surface area (Å²) in [5.74, 6) is -4.65. The van der Waals surface area contributed by atoms with Crippen molar-refractivity contribution < 1.29 is 53.9 Å². The number of hydrogen-bond donors (Lipinski definition) is 7. The zero-order valence-corrected chi connectivity index (χ0v) is 18.9. The van der Waals surface area contributed by atoms with E-state index in [2.05, 4.69) is 16.0 Å². The third kappa shape index (κ3) is 8.49. The second-order valence-corrected chi connectivity index (χ2v) is 7.81. The number of carboxylic acid groups (broad SMARTS) is 1. The summed E-state index contributed by atoms with van der Waals surface area (Å²) in [6.45, 7) is 3.03. The van der Waals surface area contributed by atoms with E-state index in [0.29, 0.717) is 0 Å². The van der Waals surface area contributed by atoms with Crippen LogP contribution in [0.4, 0.5) is 0 Å². The number of amides is 4. The molecule has 1 rings (SSSR count). The first-order chi connectivity index (χ1) is 15.8. The molecule has 1 saturated heterocycles. The Balaban J connectivity index is 2.80. The van der Waals surface area contributed by atoms with Gasteiger partial charge in [0, 0.05) is 12.9 Å². The number of nitrogens with one attached hydrogen (secondary N) is 3. The molecule has 15 heteroatoms. The molecule has 0 aromatic carbocycles. The fraction of sp³-hybridized carbons (Fsp3) is 0.737. The van der Waals surface area contributed by atoms with Crippen LogP contribution in [0.25, 0.3) is 0 Å². The van der Waals surface area contributed by atoms with Crippen LogP contribution in [-0.4, -0.2) is 100 Å². The first-order valence-electron chi connectivity index (χ1n) is 10.4. The minimum Gasteiger partial charge on any atom is -0.550 e. The molecule has 1 heterocycles. The van der Waals surface area contributed by atoms with E-state index >= 15 is 0 Å². The first-order valence-corrected chi connectivity index (χ1v) is 10.4. The van der Waals surface area contributed by atoms with Crippen molar-refractivity contribution in [2.24, 2.45) is 5.73 Å². The highest BCUT2D eigenvalue weighted by molar-refractivity contribution is 5.92. The summed E-state index contributed by atoms with van der Waals surface area (Å²) in [6.07, 6.45) is -7.94. The number of carboxylic acids is 1. The number of rotatable bonds is 12. The molecule has 34 heavy (non-hydrogen) atoms. The van der Waals surface area contributed by atoms with Gasteiger partial charge in [-0.05, 0) is 26.7 Å². The number of aliphatic hydroxyl groups excluding tert-OH is 3. The van der Waals surface area contributed by atoms with Crippen LogP contribution in [-0.2, 0) is 33.4 Å². The van der Waals surface area contributed by atoms with Crippen LogP contribution >= 0.6 is 0 Å². The molecule has 0 unspecified atom stereocenters. The van der Waals surface area contributed by atoms with E-state index < -0.39 is 91.5 Å². The van der Waals surface area contributed by atoms with Gasteiger partial charge in [0.1, 0.15) is 42.5 Å². The van der Waals surface area contributed by atoms with Gasteiger partial charge in [0.05, 0.1) is 6.61 Å². The molecule has 1 aliphatic rings. The predicted octanol–water partition coefficient (Wildman–Crippen LogP) is -5.66. The lowest BCUT2D eigenvalue weighted by Crippen LogP contribution is -2.65. The molecule has 8 atom stereocenters. The average Bonchev–Trinajstić information content (AvgIpc) is 2.74. The van der Waals surface area contributed by atoms with E-state index in [1.54, 1.807) is 0 Å². The van der Waals surface area contributed by atoms with Gasteiger partial charge in [-0.3, -0.25) is 19.2 Å². The van der Waals surface area contributed by atoms with E-state index in [1.807, 2.05) is 0 Å². The summed E-state index contributed by atoms with van der Waals surface area (Å²) in [4.78, 5) is 58.3. The number of ether oxygens (including phenoxy) is 2. The van der Waals surface area contributed by atoms with Gasteiger partial charge in [-0.2, -0.15) is 0 Å². The molecule has 1 fully saturated rings. The molecule has 194 valence electrons. The molecule has 0 aromatic heterocycles. The van der Waals surface area contributed by atoms with E-state index in [4.69, 9.17) is 15.2 Å². The Bertz CT molecular complexity index is 765. The van der Waals surface area contributed by atoms with Crippen molar-refractivity contribution in [1.29, 1.82) is 0 Å². The molecule has 0 radical (unpaired) electrons. The number of carbonyl (C=O) groups excluding carboxylic acids is 5. The normalized spacial score (nSPS) is 27.1. The van der Waals surface area contributed by atoms with E-state index in [0.717, 1.165) is 6.92 Å². The maximum Gasteiger partial charge on any atom is 0.249 e. The Morgan fingerprint density at radius 2 is 1.74 bits per heavy atom. The van der Waals surface area contributed by atoms with Gasteiger partial charge in [-0.15, -0.1) is 0 Å². The van der Waals surface area contributed by atoms with Gasteiger partial charge >= 0.3 is 0 Å². The maximum absolute atomic E-state index is 12.5. The van der Waals surface area contributed by atoms with Crippen LogP contribution < -0.4 is 26.8 Å².